The van der Waals surface area contributed by atoms with Gasteiger partial charge in [-0.05, 0) is 25.2 Å². The summed E-state index contributed by atoms with van der Waals surface area (Å²) in [6.07, 6.45) is -2.08. The van der Waals surface area contributed by atoms with Crippen LogP contribution in [0.4, 0.5) is 0 Å². The van der Waals surface area contributed by atoms with Crippen molar-refractivity contribution < 1.29 is 15.3 Å². The van der Waals surface area contributed by atoms with Crippen LogP contribution in [-0.4, -0.2) is 35.0 Å². The molecule has 0 heterocycles. The van der Waals surface area contributed by atoms with Gasteiger partial charge in [0.15, 0.2) is 0 Å². The number of likely N-dealkylation sites (N-methyl/N-ethyl adjacent to an activating group) is 1. The van der Waals surface area contributed by atoms with E-state index in [0.29, 0.717) is 10.6 Å². The van der Waals surface area contributed by atoms with Crippen molar-refractivity contribution in [2.24, 2.45) is 0 Å². The maximum atomic E-state index is 9.74. The molecule has 0 aliphatic heterocycles. The first kappa shape index (κ1) is 12.3. The van der Waals surface area contributed by atoms with Gasteiger partial charge in [-0.15, -0.1) is 0 Å². The number of aliphatic hydroxyl groups is 2. The van der Waals surface area contributed by atoms with Crippen LogP contribution in [0, 0.1) is 0 Å². The lowest BCUT2D eigenvalue weighted by Crippen LogP contribution is -2.29. The lowest BCUT2D eigenvalue weighted by atomic mass is 10.0. The number of aliphatic hydroxyl groups excluding tert-OH is 2. The fourth-order valence-electron chi connectivity index (χ4n) is 1.29. The van der Waals surface area contributed by atoms with Crippen LogP contribution < -0.4 is 5.32 Å². The molecule has 0 aliphatic carbocycles. The van der Waals surface area contributed by atoms with Gasteiger partial charge >= 0.3 is 0 Å². The number of phenols is 1. The van der Waals surface area contributed by atoms with Gasteiger partial charge in [-0.1, -0.05) is 11.6 Å². The summed E-state index contributed by atoms with van der Waals surface area (Å²) in [5, 5.41) is 31.6. The Bertz CT molecular complexity index is 332. The van der Waals surface area contributed by atoms with E-state index in [-0.39, 0.29) is 12.3 Å². The van der Waals surface area contributed by atoms with E-state index in [1.165, 1.54) is 18.2 Å². The minimum atomic E-state index is -1.11. The number of benzene rings is 1. The first-order chi connectivity index (χ1) is 7.06. The standard InChI is InChI=1S/C10H14ClNO3/c1-12-5-9(14)10(15)7-4-6(13)2-3-8(7)11/h2-4,9-10,12-15H,5H2,1H3. The molecule has 1 aromatic carbocycles. The monoisotopic (exact) mass is 231 g/mol. The summed E-state index contributed by atoms with van der Waals surface area (Å²) in [5.41, 5.74) is 0.319. The molecule has 5 heteroatoms. The second-order valence-corrected chi connectivity index (χ2v) is 3.68. The Morgan fingerprint density at radius 3 is 2.67 bits per heavy atom. The Kier molecular flexibility index (Phi) is 4.35. The van der Waals surface area contributed by atoms with Crippen LogP contribution in [0.3, 0.4) is 0 Å². The highest BCUT2D eigenvalue weighted by Gasteiger charge is 2.20. The summed E-state index contributed by atoms with van der Waals surface area (Å²) in [5.74, 6) is 0.00473. The third-order valence-electron chi connectivity index (χ3n) is 2.08. The number of nitrogens with one attached hydrogen (secondary N) is 1. The van der Waals surface area contributed by atoms with Crippen molar-refractivity contribution >= 4 is 11.6 Å². The van der Waals surface area contributed by atoms with E-state index in [1.54, 1.807) is 7.05 Å². The van der Waals surface area contributed by atoms with Crippen LogP contribution in [0.25, 0.3) is 0 Å². The molecule has 2 atom stereocenters. The first-order valence-corrected chi connectivity index (χ1v) is 4.93. The molecule has 0 saturated carbocycles. The number of rotatable bonds is 4. The molecule has 0 radical (unpaired) electrons. The van der Waals surface area contributed by atoms with Gasteiger partial charge in [0.2, 0.25) is 0 Å². The summed E-state index contributed by atoms with van der Waals surface area (Å²) < 4.78 is 0. The quantitative estimate of drug-likeness (QED) is 0.614. The Hall–Kier alpha value is -0.810. The zero-order chi connectivity index (χ0) is 11.4. The van der Waals surface area contributed by atoms with Crippen molar-refractivity contribution in [1.82, 2.24) is 5.32 Å². The Morgan fingerprint density at radius 2 is 2.07 bits per heavy atom. The summed E-state index contributed by atoms with van der Waals surface area (Å²) in [4.78, 5) is 0. The highest BCUT2D eigenvalue weighted by atomic mass is 35.5. The van der Waals surface area contributed by atoms with Crippen molar-refractivity contribution in [2.75, 3.05) is 13.6 Å². The highest BCUT2D eigenvalue weighted by Crippen LogP contribution is 2.28. The van der Waals surface area contributed by atoms with Crippen LogP contribution in [-0.2, 0) is 0 Å². The molecule has 84 valence electrons. The van der Waals surface area contributed by atoms with Crippen LogP contribution in [0.2, 0.25) is 5.02 Å². The molecule has 0 aromatic heterocycles. The average molecular weight is 232 g/mol. The molecule has 0 fully saturated rings. The summed E-state index contributed by atoms with van der Waals surface area (Å²) >= 11 is 5.83. The van der Waals surface area contributed by atoms with E-state index in [1.807, 2.05) is 0 Å². The fourth-order valence-corrected chi connectivity index (χ4v) is 1.52. The largest absolute Gasteiger partial charge is 0.508 e. The molecular weight excluding hydrogens is 218 g/mol. The maximum absolute atomic E-state index is 9.74. The molecule has 0 amide bonds. The molecule has 15 heavy (non-hydrogen) atoms. The lowest BCUT2D eigenvalue weighted by Gasteiger charge is -2.18. The molecule has 1 aromatic rings. The molecule has 0 spiro atoms. The maximum Gasteiger partial charge on any atom is 0.116 e. The van der Waals surface area contributed by atoms with E-state index >= 15 is 0 Å². The summed E-state index contributed by atoms with van der Waals surface area (Å²) in [6.45, 7) is 0.243. The summed E-state index contributed by atoms with van der Waals surface area (Å²) in [7, 11) is 1.67. The zero-order valence-electron chi connectivity index (χ0n) is 8.31. The third kappa shape index (κ3) is 3.07. The van der Waals surface area contributed by atoms with Gasteiger partial charge in [0.1, 0.15) is 11.9 Å². The smallest absolute Gasteiger partial charge is 0.116 e. The molecular formula is C10H14ClNO3. The third-order valence-corrected chi connectivity index (χ3v) is 2.42. The van der Waals surface area contributed by atoms with Crippen LogP contribution in [0.5, 0.6) is 5.75 Å². The lowest BCUT2D eigenvalue weighted by molar-refractivity contribution is 0.0202. The van der Waals surface area contributed by atoms with Gasteiger partial charge in [-0.3, -0.25) is 0 Å². The molecule has 1 rings (SSSR count). The van der Waals surface area contributed by atoms with Crippen molar-refractivity contribution in [3.63, 3.8) is 0 Å². The molecule has 0 bridgehead atoms. The number of hydrogen-bond donors (Lipinski definition) is 4. The van der Waals surface area contributed by atoms with Gasteiger partial charge in [-0.25, -0.2) is 0 Å². The van der Waals surface area contributed by atoms with Gasteiger partial charge in [0.25, 0.3) is 0 Å². The minimum absolute atomic E-state index is 0.00473. The Balaban J connectivity index is 2.89. The van der Waals surface area contributed by atoms with E-state index in [9.17, 15) is 15.3 Å². The topological polar surface area (TPSA) is 72.7 Å². The Morgan fingerprint density at radius 1 is 1.40 bits per heavy atom. The van der Waals surface area contributed by atoms with E-state index < -0.39 is 12.2 Å². The molecule has 0 saturated heterocycles. The average Bonchev–Trinajstić information content (AvgIpc) is 2.21. The van der Waals surface area contributed by atoms with E-state index in [4.69, 9.17) is 11.6 Å². The minimum Gasteiger partial charge on any atom is -0.508 e. The normalized spacial score (nSPS) is 14.9. The van der Waals surface area contributed by atoms with Crippen LogP contribution >= 0.6 is 11.6 Å². The Labute approximate surface area is 93.1 Å². The zero-order valence-corrected chi connectivity index (χ0v) is 9.07. The number of halogens is 1. The molecule has 4 N–H and O–H groups in total. The first-order valence-electron chi connectivity index (χ1n) is 4.55. The van der Waals surface area contributed by atoms with Gasteiger partial charge in [0.05, 0.1) is 6.10 Å². The van der Waals surface area contributed by atoms with Gasteiger partial charge in [-0.2, -0.15) is 0 Å². The highest BCUT2D eigenvalue weighted by molar-refractivity contribution is 6.31. The second-order valence-electron chi connectivity index (χ2n) is 3.28. The predicted molar refractivity (Wildman–Crippen MR) is 58.0 cm³/mol. The van der Waals surface area contributed by atoms with Crippen molar-refractivity contribution in [3.05, 3.63) is 28.8 Å². The predicted octanol–water partition coefficient (Wildman–Crippen LogP) is 0.659. The summed E-state index contributed by atoms with van der Waals surface area (Å²) in [6, 6.07) is 4.23. The molecule has 0 aliphatic rings. The van der Waals surface area contributed by atoms with Crippen LogP contribution in [0.1, 0.15) is 11.7 Å². The fraction of sp³-hybridized carbons (Fsp3) is 0.400. The van der Waals surface area contributed by atoms with Crippen molar-refractivity contribution in [1.29, 1.82) is 0 Å². The molecule has 4 nitrogen and oxygen atoms in total. The van der Waals surface area contributed by atoms with Crippen LogP contribution in [0.15, 0.2) is 18.2 Å². The number of hydrogen-bond acceptors (Lipinski definition) is 4. The second kappa shape index (κ2) is 5.32. The van der Waals surface area contributed by atoms with Gasteiger partial charge < -0.3 is 20.6 Å². The van der Waals surface area contributed by atoms with Crippen molar-refractivity contribution in [2.45, 2.75) is 12.2 Å². The van der Waals surface area contributed by atoms with Crippen molar-refractivity contribution in [3.8, 4) is 5.75 Å². The SMILES string of the molecule is CNCC(O)C(O)c1cc(O)ccc1Cl. The van der Waals surface area contributed by atoms with Gasteiger partial charge in [0, 0.05) is 17.1 Å². The van der Waals surface area contributed by atoms with E-state index in [0.717, 1.165) is 0 Å². The number of phenolic OH excluding ortho intramolecular Hbond substituents is 1. The molecule has 2 unspecified atom stereocenters. The number of aromatic hydroxyl groups is 1. The van der Waals surface area contributed by atoms with E-state index in [2.05, 4.69) is 5.32 Å².